The molecular formula is C21H34BrFN4O4SSi. The standard InChI is InChI=1S/C21H34BrFN4O4SSi/c1-7-33(8-2,9-3)14-12-15(22)25-17(16(14)23)21(6)13-32(31,24-10-11-28)20(4,5)18(27-21)26-19(29)30/h12,28H,7-11,13H2,1-6H3,(H,26,27)(H,29,30)/t21-,32-/m0/s1. The van der Waals surface area contributed by atoms with Crippen molar-refractivity contribution in [3.8, 4) is 0 Å². The van der Waals surface area contributed by atoms with Gasteiger partial charge in [-0.2, -0.15) is 0 Å². The van der Waals surface area contributed by atoms with Crippen molar-refractivity contribution in [1.82, 2.24) is 10.3 Å². The third-order valence-electron chi connectivity index (χ3n) is 6.87. The molecule has 0 fully saturated rings. The largest absolute Gasteiger partial charge is 0.465 e. The molecule has 1 aliphatic rings. The highest BCUT2D eigenvalue weighted by atomic mass is 79.9. The maximum atomic E-state index is 16.2. The summed E-state index contributed by atoms with van der Waals surface area (Å²) in [6.45, 7) is 10.6. The number of hydrogen-bond acceptors (Lipinski definition) is 6. The highest BCUT2D eigenvalue weighted by Gasteiger charge is 2.51. The topological polar surface area (TPSA) is 124 Å². The van der Waals surface area contributed by atoms with E-state index in [1.807, 2.05) is 0 Å². The van der Waals surface area contributed by atoms with E-state index in [-0.39, 0.29) is 30.4 Å². The van der Waals surface area contributed by atoms with Gasteiger partial charge in [0.2, 0.25) is 0 Å². The summed E-state index contributed by atoms with van der Waals surface area (Å²) in [7, 11) is -5.33. The number of nitrogens with zero attached hydrogens (tertiary/aromatic N) is 3. The first-order valence-corrected chi connectivity index (χ1v) is 16.1. The van der Waals surface area contributed by atoms with Gasteiger partial charge in [0, 0.05) is 0 Å². The van der Waals surface area contributed by atoms with Crippen LogP contribution in [0.5, 0.6) is 0 Å². The number of hydrogen-bond donors (Lipinski definition) is 3. The van der Waals surface area contributed by atoms with E-state index in [0.29, 0.717) is 9.79 Å². The molecule has 12 heteroatoms. The summed E-state index contributed by atoms with van der Waals surface area (Å²) in [5.74, 6) is -0.695. The number of aliphatic hydroxyl groups excluding tert-OH is 1. The highest BCUT2D eigenvalue weighted by Crippen LogP contribution is 2.39. The van der Waals surface area contributed by atoms with Crippen LogP contribution < -0.4 is 10.5 Å². The Labute approximate surface area is 204 Å². The zero-order chi connectivity index (χ0) is 25.2. The predicted molar refractivity (Wildman–Crippen MR) is 136 cm³/mol. The average molecular weight is 566 g/mol. The summed E-state index contributed by atoms with van der Waals surface area (Å²) in [6.07, 6.45) is -1.37. The predicted octanol–water partition coefficient (Wildman–Crippen LogP) is 3.83. The summed E-state index contributed by atoms with van der Waals surface area (Å²) in [6, 6.07) is 4.31. The molecule has 1 aromatic rings. The van der Waals surface area contributed by atoms with Gasteiger partial charge in [-0.25, -0.2) is 22.7 Å². The third kappa shape index (κ3) is 5.03. The fraction of sp³-hybridized carbons (Fsp3) is 0.667. The smallest absolute Gasteiger partial charge is 0.410 e. The fourth-order valence-electron chi connectivity index (χ4n) is 4.48. The van der Waals surface area contributed by atoms with Crippen LogP contribution in [-0.2, 0) is 15.3 Å². The lowest BCUT2D eigenvalue weighted by Crippen LogP contribution is -2.58. The lowest BCUT2D eigenvalue weighted by atomic mass is 9.98. The number of rotatable bonds is 7. The summed E-state index contributed by atoms with van der Waals surface area (Å²) < 4.78 is 33.7. The zero-order valence-corrected chi connectivity index (χ0v) is 23.4. The van der Waals surface area contributed by atoms with Crippen molar-refractivity contribution in [2.75, 3.05) is 18.9 Å². The molecule has 3 N–H and O–H groups in total. The lowest BCUT2D eigenvalue weighted by molar-refractivity contribution is 0.199. The molecule has 0 radical (unpaired) electrons. The Morgan fingerprint density at radius 1 is 1.30 bits per heavy atom. The molecule has 0 bridgehead atoms. The Bertz CT molecular complexity index is 1060. The van der Waals surface area contributed by atoms with Crippen LogP contribution >= 0.6 is 15.9 Å². The average Bonchev–Trinajstić information content (AvgIpc) is 2.74. The first-order valence-electron chi connectivity index (χ1n) is 11.0. The molecule has 1 aliphatic heterocycles. The normalized spacial score (nSPS) is 24.8. The fourth-order valence-corrected chi connectivity index (χ4v) is 11.3. The lowest BCUT2D eigenvalue weighted by Gasteiger charge is -2.41. The minimum atomic E-state index is -3.18. The van der Waals surface area contributed by atoms with E-state index in [4.69, 9.17) is 0 Å². The van der Waals surface area contributed by atoms with E-state index in [1.54, 1.807) is 26.8 Å². The Hall–Kier alpha value is -1.37. The van der Waals surface area contributed by atoms with Gasteiger partial charge in [0.05, 0.1) is 36.7 Å². The van der Waals surface area contributed by atoms with Crippen molar-refractivity contribution in [2.24, 2.45) is 9.36 Å². The number of pyridine rings is 1. The van der Waals surface area contributed by atoms with Gasteiger partial charge in [0.15, 0.2) is 0 Å². The van der Waals surface area contributed by atoms with E-state index in [9.17, 15) is 19.2 Å². The molecule has 2 atom stereocenters. The van der Waals surface area contributed by atoms with Gasteiger partial charge in [-0.15, -0.1) is 0 Å². The summed E-state index contributed by atoms with van der Waals surface area (Å²) >= 11 is 3.42. The number of carbonyl (C=O) groups is 1. The van der Waals surface area contributed by atoms with Crippen molar-refractivity contribution in [3.63, 3.8) is 0 Å². The maximum Gasteiger partial charge on any atom is 0.410 e. The van der Waals surface area contributed by atoms with Crippen LogP contribution in [0.1, 0.15) is 47.2 Å². The Morgan fingerprint density at radius 2 is 1.88 bits per heavy atom. The second-order valence-corrected chi connectivity index (χ2v) is 17.9. The van der Waals surface area contributed by atoms with Crippen molar-refractivity contribution in [1.29, 1.82) is 0 Å². The summed E-state index contributed by atoms with van der Waals surface area (Å²) in [5.41, 5.74) is -1.41. The summed E-state index contributed by atoms with van der Waals surface area (Å²) in [4.78, 5) is 20.5. The van der Waals surface area contributed by atoms with Gasteiger partial charge in [0.1, 0.15) is 32.2 Å². The number of amides is 1. The first-order chi connectivity index (χ1) is 15.3. The molecule has 0 saturated heterocycles. The zero-order valence-electron chi connectivity index (χ0n) is 20.0. The van der Waals surface area contributed by atoms with E-state index in [0.717, 1.165) is 18.1 Å². The van der Waals surface area contributed by atoms with Crippen LogP contribution in [0.4, 0.5) is 9.18 Å². The van der Waals surface area contributed by atoms with E-state index in [1.165, 1.54) is 0 Å². The van der Waals surface area contributed by atoms with Crippen molar-refractivity contribution in [2.45, 2.75) is 70.0 Å². The quantitative estimate of drug-likeness (QED) is 0.343. The molecule has 2 rings (SSSR count). The van der Waals surface area contributed by atoms with Crippen LogP contribution in [-0.4, -0.2) is 63.1 Å². The second kappa shape index (κ2) is 10.1. The van der Waals surface area contributed by atoms with E-state index >= 15 is 4.39 Å². The SMILES string of the molecule is CC[Si](CC)(CC)c1cc(Br)nc([C@]2(C)C[S@@](=O)(=NCCO)C(C)(C)C(NC(=O)O)=N2)c1F. The van der Waals surface area contributed by atoms with Crippen molar-refractivity contribution in [3.05, 3.63) is 22.2 Å². The number of aliphatic imine (C=N–C) groups is 1. The molecule has 2 heterocycles. The molecule has 186 valence electrons. The maximum absolute atomic E-state index is 16.2. The monoisotopic (exact) mass is 564 g/mol. The molecule has 33 heavy (non-hydrogen) atoms. The minimum Gasteiger partial charge on any atom is -0.465 e. The van der Waals surface area contributed by atoms with Crippen molar-refractivity contribution < 1.29 is 23.6 Å². The van der Waals surface area contributed by atoms with Gasteiger partial charge in [0.25, 0.3) is 0 Å². The van der Waals surface area contributed by atoms with Crippen LogP contribution in [0.3, 0.4) is 0 Å². The molecule has 1 amide bonds. The molecule has 0 saturated carbocycles. The number of nitrogens with one attached hydrogen (secondary N) is 1. The van der Waals surface area contributed by atoms with Crippen molar-refractivity contribution >= 4 is 50.8 Å². The van der Waals surface area contributed by atoms with Gasteiger partial charge in [-0.1, -0.05) is 38.9 Å². The van der Waals surface area contributed by atoms with Crippen LogP contribution in [0.2, 0.25) is 18.1 Å². The Kier molecular flexibility index (Phi) is 8.52. The number of amidine groups is 1. The van der Waals surface area contributed by atoms with E-state index in [2.05, 4.69) is 56.4 Å². The minimum absolute atomic E-state index is 0.0196. The summed E-state index contributed by atoms with van der Waals surface area (Å²) in [5, 5.41) is 21.6. The molecule has 0 aliphatic carbocycles. The second-order valence-electron chi connectivity index (χ2n) is 9.03. The number of aliphatic hydroxyl groups is 1. The molecule has 1 aromatic heterocycles. The van der Waals surface area contributed by atoms with Gasteiger partial charge in [-0.3, -0.25) is 10.3 Å². The van der Waals surface area contributed by atoms with Gasteiger partial charge >= 0.3 is 6.09 Å². The van der Waals surface area contributed by atoms with Crippen LogP contribution in [0.25, 0.3) is 0 Å². The molecule has 0 spiro atoms. The first kappa shape index (κ1) is 27.9. The Morgan fingerprint density at radius 3 is 2.36 bits per heavy atom. The molecule has 0 aromatic carbocycles. The van der Waals surface area contributed by atoms with Crippen LogP contribution in [0, 0.1) is 5.82 Å². The van der Waals surface area contributed by atoms with Gasteiger partial charge < -0.3 is 10.2 Å². The molecule has 0 unspecified atom stereocenters. The molecular weight excluding hydrogens is 531 g/mol. The third-order valence-corrected chi connectivity index (χ3v) is 16.2. The number of halogens is 2. The van der Waals surface area contributed by atoms with E-state index < -0.39 is 40.0 Å². The molecule has 8 nitrogen and oxygen atoms in total. The van der Waals surface area contributed by atoms with Crippen LogP contribution in [0.15, 0.2) is 20.0 Å². The highest BCUT2D eigenvalue weighted by molar-refractivity contribution is 9.10. The Balaban J connectivity index is 2.89. The van der Waals surface area contributed by atoms with Gasteiger partial charge in [-0.05, 0) is 48.0 Å². The number of carboxylic acid groups (broad SMARTS) is 1. The number of aromatic nitrogens is 1.